The first-order valence-corrected chi connectivity index (χ1v) is 5.40. The second kappa shape index (κ2) is 3.55. The van der Waals surface area contributed by atoms with Crippen molar-refractivity contribution in [1.29, 1.82) is 0 Å². The van der Waals surface area contributed by atoms with Crippen LogP contribution in [0.15, 0.2) is 12.1 Å². The van der Waals surface area contributed by atoms with Crippen LogP contribution < -0.4 is 0 Å². The summed E-state index contributed by atoms with van der Waals surface area (Å²) in [6.45, 7) is 7.99. The number of aryl methyl sites for hydroxylation is 1. The van der Waals surface area contributed by atoms with Gasteiger partial charge in [0.2, 0.25) is 0 Å². The minimum absolute atomic E-state index is 0.0513. The van der Waals surface area contributed by atoms with Crippen molar-refractivity contribution in [1.82, 2.24) is 14.6 Å². The highest BCUT2D eigenvalue weighted by atomic mass is 16.4. The smallest absolute Gasteiger partial charge is 0.354 e. The van der Waals surface area contributed by atoms with Crippen LogP contribution in [-0.4, -0.2) is 25.7 Å². The quantitative estimate of drug-likeness (QED) is 0.818. The first-order chi connectivity index (χ1) is 7.79. The van der Waals surface area contributed by atoms with E-state index < -0.39 is 5.97 Å². The fourth-order valence-corrected chi connectivity index (χ4v) is 1.60. The molecule has 5 heteroatoms. The molecule has 0 aliphatic rings. The van der Waals surface area contributed by atoms with Gasteiger partial charge in [0, 0.05) is 17.2 Å². The van der Waals surface area contributed by atoms with Crippen LogP contribution >= 0.6 is 0 Å². The standard InChI is InChI=1S/C12H15N3O2/c1-7-5-8(11(16)17)13-10-6-9(12(2,3)4)14-15(7)10/h5-6H,1-4H3,(H,16,17). The molecule has 0 amide bonds. The second-order valence-electron chi connectivity index (χ2n) is 5.14. The zero-order valence-electron chi connectivity index (χ0n) is 10.4. The van der Waals surface area contributed by atoms with Crippen molar-refractivity contribution < 1.29 is 9.90 Å². The van der Waals surface area contributed by atoms with Crippen LogP contribution in [0.3, 0.4) is 0 Å². The average molecular weight is 233 g/mol. The van der Waals surface area contributed by atoms with E-state index in [0.717, 1.165) is 11.4 Å². The van der Waals surface area contributed by atoms with E-state index in [1.165, 1.54) is 6.07 Å². The minimum Gasteiger partial charge on any atom is -0.477 e. The van der Waals surface area contributed by atoms with Crippen LogP contribution in [0.25, 0.3) is 5.65 Å². The Balaban J connectivity index is 2.69. The highest BCUT2D eigenvalue weighted by molar-refractivity contribution is 5.86. The molecule has 0 aliphatic heterocycles. The van der Waals surface area contributed by atoms with Gasteiger partial charge >= 0.3 is 5.97 Å². The maximum Gasteiger partial charge on any atom is 0.354 e. The Labute approximate surface area is 99.1 Å². The summed E-state index contributed by atoms with van der Waals surface area (Å²) in [6, 6.07) is 3.36. The molecule has 90 valence electrons. The van der Waals surface area contributed by atoms with Gasteiger partial charge in [0.1, 0.15) is 0 Å². The topological polar surface area (TPSA) is 67.5 Å². The second-order valence-corrected chi connectivity index (χ2v) is 5.14. The first-order valence-electron chi connectivity index (χ1n) is 5.40. The molecule has 0 saturated carbocycles. The van der Waals surface area contributed by atoms with Gasteiger partial charge in [0.25, 0.3) is 0 Å². The predicted octanol–water partition coefficient (Wildman–Crippen LogP) is 2.03. The molecule has 5 nitrogen and oxygen atoms in total. The number of carbonyl (C=O) groups is 1. The molecule has 0 radical (unpaired) electrons. The Hall–Kier alpha value is -1.91. The zero-order chi connectivity index (χ0) is 12.8. The van der Waals surface area contributed by atoms with Crippen LogP contribution in [0, 0.1) is 6.92 Å². The molecule has 1 N–H and O–H groups in total. The van der Waals surface area contributed by atoms with Gasteiger partial charge in [-0.25, -0.2) is 14.3 Å². The van der Waals surface area contributed by atoms with Gasteiger partial charge in [-0.05, 0) is 13.0 Å². The number of fused-ring (bicyclic) bond motifs is 1. The molecule has 0 unspecified atom stereocenters. The third-order valence-electron chi connectivity index (χ3n) is 2.59. The molecule has 0 bridgehead atoms. The molecule has 2 aromatic heterocycles. The summed E-state index contributed by atoms with van der Waals surface area (Å²) in [5.41, 5.74) is 2.21. The van der Waals surface area contributed by atoms with Gasteiger partial charge in [-0.2, -0.15) is 5.10 Å². The Bertz CT molecular complexity index is 594. The molecule has 0 fully saturated rings. The highest BCUT2D eigenvalue weighted by Gasteiger charge is 2.19. The lowest BCUT2D eigenvalue weighted by molar-refractivity contribution is 0.0690. The third kappa shape index (κ3) is 2.00. The summed E-state index contributed by atoms with van der Waals surface area (Å²) in [6.07, 6.45) is 0. The van der Waals surface area contributed by atoms with E-state index >= 15 is 0 Å². The van der Waals surface area contributed by atoms with Gasteiger partial charge in [-0.3, -0.25) is 0 Å². The molecular weight excluding hydrogens is 218 g/mol. The van der Waals surface area contributed by atoms with Crippen molar-refractivity contribution in [3.05, 3.63) is 29.2 Å². The van der Waals surface area contributed by atoms with E-state index in [4.69, 9.17) is 5.11 Å². The van der Waals surface area contributed by atoms with Crippen LogP contribution in [0.2, 0.25) is 0 Å². The van der Waals surface area contributed by atoms with E-state index in [1.54, 1.807) is 4.52 Å². The van der Waals surface area contributed by atoms with Crippen LogP contribution in [0.4, 0.5) is 0 Å². The van der Waals surface area contributed by atoms with E-state index in [0.29, 0.717) is 5.65 Å². The van der Waals surface area contributed by atoms with Crippen molar-refractivity contribution in [2.24, 2.45) is 0 Å². The number of hydrogen-bond donors (Lipinski definition) is 1. The van der Waals surface area contributed by atoms with Crippen LogP contribution in [0.1, 0.15) is 42.6 Å². The fourth-order valence-electron chi connectivity index (χ4n) is 1.60. The monoisotopic (exact) mass is 233 g/mol. The summed E-state index contributed by atoms with van der Waals surface area (Å²) in [5.74, 6) is -1.02. The average Bonchev–Trinajstić information content (AvgIpc) is 2.60. The van der Waals surface area contributed by atoms with Gasteiger partial charge in [-0.1, -0.05) is 20.8 Å². The third-order valence-corrected chi connectivity index (χ3v) is 2.59. The summed E-state index contributed by atoms with van der Waals surface area (Å²) < 4.78 is 1.67. The molecule has 2 aromatic rings. The Morgan fingerprint density at radius 1 is 1.35 bits per heavy atom. The Morgan fingerprint density at radius 3 is 2.53 bits per heavy atom. The van der Waals surface area contributed by atoms with Crippen molar-refractivity contribution in [2.75, 3.05) is 0 Å². The van der Waals surface area contributed by atoms with Crippen molar-refractivity contribution in [3.63, 3.8) is 0 Å². The number of carboxylic acids is 1. The van der Waals surface area contributed by atoms with E-state index in [-0.39, 0.29) is 11.1 Å². The summed E-state index contributed by atoms with van der Waals surface area (Å²) >= 11 is 0. The fraction of sp³-hybridized carbons (Fsp3) is 0.417. The molecule has 17 heavy (non-hydrogen) atoms. The molecule has 0 spiro atoms. The van der Waals surface area contributed by atoms with E-state index in [9.17, 15) is 4.79 Å². The lowest BCUT2D eigenvalue weighted by Gasteiger charge is -2.13. The van der Waals surface area contributed by atoms with Crippen molar-refractivity contribution >= 4 is 11.6 Å². The number of aromatic carboxylic acids is 1. The van der Waals surface area contributed by atoms with E-state index in [2.05, 4.69) is 30.9 Å². The molecule has 0 aliphatic carbocycles. The Kier molecular flexibility index (Phi) is 2.41. The van der Waals surface area contributed by atoms with Gasteiger partial charge in [-0.15, -0.1) is 0 Å². The van der Waals surface area contributed by atoms with Gasteiger partial charge in [0.15, 0.2) is 11.3 Å². The largest absolute Gasteiger partial charge is 0.477 e. The van der Waals surface area contributed by atoms with Gasteiger partial charge in [0.05, 0.1) is 5.69 Å². The maximum atomic E-state index is 10.9. The normalized spacial score (nSPS) is 12.0. The molecular formula is C12H15N3O2. The highest BCUT2D eigenvalue weighted by Crippen LogP contribution is 2.22. The maximum absolute atomic E-state index is 10.9. The molecule has 0 aromatic carbocycles. The molecule has 2 heterocycles. The lowest BCUT2D eigenvalue weighted by atomic mass is 9.93. The molecule has 2 rings (SSSR count). The summed E-state index contributed by atoms with van der Waals surface area (Å²) in [7, 11) is 0. The molecule has 0 atom stereocenters. The number of rotatable bonds is 1. The summed E-state index contributed by atoms with van der Waals surface area (Å²) in [5, 5.41) is 13.4. The SMILES string of the molecule is Cc1cc(C(=O)O)nc2cc(C(C)(C)C)nn12. The number of hydrogen-bond acceptors (Lipinski definition) is 3. The first kappa shape index (κ1) is 11.6. The summed E-state index contributed by atoms with van der Waals surface area (Å²) in [4.78, 5) is 15.0. The number of carboxylic acid groups (broad SMARTS) is 1. The zero-order valence-corrected chi connectivity index (χ0v) is 10.4. The lowest BCUT2D eigenvalue weighted by Crippen LogP contribution is -2.12. The van der Waals surface area contributed by atoms with E-state index in [1.807, 2.05) is 13.0 Å². The minimum atomic E-state index is -1.02. The van der Waals surface area contributed by atoms with Crippen LogP contribution in [0.5, 0.6) is 0 Å². The van der Waals surface area contributed by atoms with Crippen molar-refractivity contribution in [3.8, 4) is 0 Å². The van der Waals surface area contributed by atoms with Crippen molar-refractivity contribution in [2.45, 2.75) is 33.1 Å². The molecule has 0 saturated heterocycles. The number of nitrogens with zero attached hydrogens (tertiary/aromatic N) is 3. The Morgan fingerprint density at radius 2 is 2.00 bits per heavy atom. The number of aromatic nitrogens is 3. The predicted molar refractivity (Wildman–Crippen MR) is 63.4 cm³/mol. The van der Waals surface area contributed by atoms with Crippen LogP contribution in [-0.2, 0) is 5.41 Å². The van der Waals surface area contributed by atoms with Gasteiger partial charge < -0.3 is 5.11 Å².